The zero-order chi connectivity index (χ0) is 20.0. The molecule has 29 heavy (non-hydrogen) atoms. The molecule has 2 heterocycles. The summed E-state index contributed by atoms with van der Waals surface area (Å²) < 4.78 is 41.7. The van der Waals surface area contributed by atoms with Crippen LogP contribution in [0.2, 0.25) is 0 Å². The summed E-state index contributed by atoms with van der Waals surface area (Å²) >= 11 is 0. The van der Waals surface area contributed by atoms with Crippen LogP contribution in [0.5, 0.6) is 0 Å². The Morgan fingerprint density at radius 3 is 2.38 bits per heavy atom. The average Bonchev–Trinajstić information content (AvgIpc) is 3.34. The molecule has 4 aromatic rings. The number of hydrogen-bond acceptors (Lipinski definition) is 0. The molecule has 0 bridgehead atoms. The molecule has 0 unspecified atom stereocenters. The molecule has 3 aromatic carbocycles. The van der Waals surface area contributed by atoms with Crippen LogP contribution in [0.4, 0.5) is 18.9 Å². The highest BCUT2D eigenvalue weighted by Gasteiger charge is 2.36. The molecule has 0 atom stereocenters. The second kappa shape index (κ2) is 6.48. The van der Waals surface area contributed by atoms with Crippen LogP contribution in [-0.4, -0.2) is 11.2 Å². The van der Waals surface area contributed by atoms with E-state index >= 15 is 0 Å². The monoisotopic (exact) mass is 389 g/mol. The van der Waals surface area contributed by atoms with Gasteiger partial charge in [0, 0.05) is 34.3 Å². The first-order chi connectivity index (χ1) is 14.0. The summed E-state index contributed by atoms with van der Waals surface area (Å²) in [6.45, 7) is 0. The molecular formula is C24H16F3N2+. The first-order valence-corrected chi connectivity index (χ1v) is 9.20. The van der Waals surface area contributed by atoms with E-state index in [2.05, 4.69) is 9.98 Å². The van der Waals surface area contributed by atoms with Crippen molar-refractivity contribution >= 4 is 34.0 Å². The summed E-state index contributed by atoms with van der Waals surface area (Å²) in [7, 11) is 0. The molecule has 0 aliphatic carbocycles. The largest absolute Gasteiger partial charge is 0.417 e. The van der Waals surface area contributed by atoms with Gasteiger partial charge in [0.25, 0.3) is 0 Å². The first-order valence-electron chi connectivity index (χ1n) is 9.20. The highest BCUT2D eigenvalue weighted by Crippen LogP contribution is 2.42. The minimum atomic E-state index is -4.46. The van der Waals surface area contributed by atoms with Gasteiger partial charge in [0.1, 0.15) is 0 Å². The summed E-state index contributed by atoms with van der Waals surface area (Å²) in [5, 5.41) is 0.879. The summed E-state index contributed by atoms with van der Waals surface area (Å²) in [4.78, 5) is 6.39. The van der Waals surface area contributed by atoms with Crippen LogP contribution in [0.25, 0.3) is 22.0 Å². The van der Waals surface area contributed by atoms with Crippen molar-refractivity contribution in [3.05, 3.63) is 101 Å². The molecule has 0 radical (unpaired) electrons. The Hall–Kier alpha value is -3.60. The highest BCUT2D eigenvalue weighted by atomic mass is 19.4. The predicted molar refractivity (Wildman–Crippen MR) is 109 cm³/mol. The van der Waals surface area contributed by atoms with Crippen LogP contribution < -0.4 is 4.99 Å². The van der Waals surface area contributed by atoms with Crippen LogP contribution >= 0.6 is 0 Å². The molecule has 1 aromatic heterocycles. The van der Waals surface area contributed by atoms with Crippen molar-refractivity contribution in [3.8, 4) is 0 Å². The number of nitrogens with one attached hydrogen (secondary N) is 2. The summed E-state index contributed by atoms with van der Waals surface area (Å²) in [5.41, 5.74) is 4.18. The Morgan fingerprint density at radius 1 is 0.793 bits per heavy atom. The number of fused-ring (bicyclic) bond motifs is 2. The third-order valence-electron chi connectivity index (χ3n) is 5.22. The maximum Gasteiger partial charge on any atom is 0.417 e. The van der Waals surface area contributed by atoms with Crippen molar-refractivity contribution in [2.45, 2.75) is 6.18 Å². The predicted octanol–water partition coefficient (Wildman–Crippen LogP) is 4.94. The molecule has 5 heteroatoms. The normalized spacial score (nSPS) is 15.0. The van der Waals surface area contributed by atoms with E-state index in [-0.39, 0.29) is 5.56 Å². The molecule has 2 nitrogen and oxygen atoms in total. The zero-order valence-electron chi connectivity index (χ0n) is 15.2. The van der Waals surface area contributed by atoms with Crippen molar-refractivity contribution < 1.29 is 18.2 Å². The van der Waals surface area contributed by atoms with Crippen molar-refractivity contribution in [3.63, 3.8) is 0 Å². The maximum absolute atomic E-state index is 13.9. The van der Waals surface area contributed by atoms with E-state index in [9.17, 15) is 13.2 Å². The molecule has 0 fully saturated rings. The Bertz CT molecular complexity index is 1290. The van der Waals surface area contributed by atoms with Gasteiger partial charge in [0.2, 0.25) is 5.69 Å². The first kappa shape index (κ1) is 17.5. The van der Waals surface area contributed by atoms with Crippen molar-refractivity contribution in [1.82, 2.24) is 4.98 Å². The van der Waals surface area contributed by atoms with E-state index in [1.54, 1.807) is 24.5 Å². The molecule has 0 saturated heterocycles. The number of rotatable bonds is 2. The third kappa shape index (κ3) is 2.86. The fourth-order valence-corrected chi connectivity index (χ4v) is 3.94. The fraction of sp³-hybridized carbons (Fsp3) is 0.0417. The van der Waals surface area contributed by atoms with E-state index in [1.807, 2.05) is 48.5 Å². The Labute approximate surface area is 165 Å². The van der Waals surface area contributed by atoms with Crippen LogP contribution in [0, 0.1) is 0 Å². The second-order valence-corrected chi connectivity index (χ2v) is 6.91. The summed E-state index contributed by atoms with van der Waals surface area (Å²) in [6.07, 6.45) is -0.885. The standard InChI is InChI=1S/C24H15F3N2/c25-24(26,27)20-10-4-1-9-17(20)23(18-13-28-21-11-5-2-7-15(18)21)19-14-29-22-12-6-3-8-16(19)22/h1-14,28H/p+1. The van der Waals surface area contributed by atoms with Gasteiger partial charge in [-0.15, -0.1) is 0 Å². The number of benzene rings is 3. The number of para-hydroxylation sites is 2. The summed E-state index contributed by atoms with van der Waals surface area (Å²) in [6, 6.07) is 21.0. The second-order valence-electron chi connectivity index (χ2n) is 6.91. The van der Waals surface area contributed by atoms with Crippen LogP contribution in [0.1, 0.15) is 22.3 Å². The number of allylic oxidation sites excluding steroid dienone is 1. The molecule has 142 valence electrons. The van der Waals surface area contributed by atoms with Crippen LogP contribution in [0.15, 0.2) is 79.0 Å². The third-order valence-corrected chi connectivity index (χ3v) is 5.22. The van der Waals surface area contributed by atoms with E-state index in [0.717, 1.165) is 39.4 Å². The van der Waals surface area contributed by atoms with Crippen molar-refractivity contribution in [1.29, 1.82) is 0 Å². The molecule has 0 saturated carbocycles. The Kier molecular flexibility index (Phi) is 3.91. The lowest BCUT2D eigenvalue weighted by Crippen LogP contribution is -2.58. The zero-order valence-corrected chi connectivity index (χ0v) is 15.2. The molecule has 1 aliphatic heterocycles. The quantitative estimate of drug-likeness (QED) is 0.486. The Balaban J connectivity index is 1.89. The van der Waals surface area contributed by atoms with Gasteiger partial charge < -0.3 is 4.98 Å². The number of aromatic nitrogens is 1. The van der Waals surface area contributed by atoms with Gasteiger partial charge in [0.05, 0.1) is 16.7 Å². The van der Waals surface area contributed by atoms with Gasteiger partial charge in [-0.1, -0.05) is 48.5 Å². The smallest absolute Gasteiger partial charge is 0.361 e. The topological polar surface area (TPSA) is 29.8 Å². The lowest BCUT2D eigenvalue weighted by molar-refractivity contribution is -0.342. The minimum absolute atomic E-state index is 0.162. The molecule has 1 aliphatic rings. The number of aromatic amines is 1. The van der Waals surface area contributed by atoms with Gasteiger partial charge in [-0.2, -0.15) is 13.2 Å². The van der Waals surface area contributed by atoms with E-state index in [1.165, 1.54) is 6.07 Å². The number of hydrogen-bond donors (Lipinski definition) is 2. The van der Waals surface area contributed by atoms with E-state index < -0.39 is 11.7 Å². The lowest BCUT2D eigenvalue weighted by atomic mass is 9.87. The minimum Gasteiger partial charge on any atom is -0.361 e. The van der Waals surface area contributed by atoms with Gasteiger partial charge >= 0.3 is 6.18 Å². The van der Waals surface area contributed by atoms with Crippen LogP contribution in [-0.2, 0) is 6.18 Å². The average molecular weight is 389 g/mol. The van der Waals surface area contributed by atoms with Gasteiger partial charge in [0.15, 0.2) is 6.21 Å². The summed E-state index contributed by atoms with van der Waals surface area (Å²) in [5.74, 6) is 0. The molecule has 2 N–H and O–H groups in total. The molecule has 0 spiro atoms. The van der Waals surface area contributed by atoms with E-state index in [4.69, 9.17) is 0 Å². The molecular weight excluding hydrogens is 373 g/mol. The van der Waals surface area contributed by atoms with Crippen molar-refractivity contribution in [2.24, 2.45) is 0 Å². The van der Waals surface area contributed by atoms with Gasteiger partial charge in [-0.3, -0.25) is 0 Å². The Morgan fingerprint density at radius 2 is 1.52 bits per heavy atom. The number of alkyl halides is 3. The number of halogens is 3. The highest BCUT2D eigenvalue weighted by molar-refractivity contribution is 6.25. The molecule has 5 rings (SSSR count). The van der Waals surface area contributed by atoms with E-state index in [0.29, 0.717) is 5.57 Å². The SMILES string of the molecule is FC(F)(F)c1ccccc1C(=C1C=[NH+]c2ccccc21)c1c[nH]c2ccccc12. The lowest BCUT2D eigenvalue weighted by Gasteiger charge is -2.16. The van der Waals surface area contributed by atoms with Gasteiger partial charge in [-0.25, -0.2) is 4.99 Å². The van der Waals surface area contributed by atoms with Crippen molar-refractivity contribution in [2.75, 3.05) is 0 Å². The number of H-pyrrole nitrogens is 1. The van der Waals surface area contributed by atoms with Gasteiger partial charge in [-0.05, 0) is 23.8 Å². The maximum atomic E-state index is 13.9. The molecule has 0 amide bonds. The van der Waals surface area contributed by atoms with Crippen LogP contribution in [0.3, 0.4) is 0 Å². The fourth-order valence-electron chi connectivity index (χ4n) is 3.94.